The summed E-state index contributed by atoms with van der Waals surface area (Å²) in [4.78, 5) is 23.5. The van der Waals surface area contributed by atoms with Crippen LogP contribution in [0.1, 0.15) is 30.6 Å². The third-order valence-corrected chi connectivity index (χ3v) is 2.75. The van der Waals surface area contributed by atoms with Gasteiger partial charge in [-0.05, 0) is 26.0 Å². The Morgan fingerprint density at radius 2 is 1.73 bits per heavy atom. The molecule has 1 aromatic carbocycles. The number of carbonyl (C=O) groups excluding carboxylic acids is 2. The van der Waals surface area contributed by atoms with E-state index in [2.05, 4.69) is 15.8 Å². The van der Waals surface area contributed by atoms with Gasteiger partial charge in [0.05, 0.1) is 20.6 Å². The molecule has 0 atom stereocenters. The van der Waals surface area contributed by atoms with Crippen molar-refractivity contribution in [2.45, 2.75) is 20.3 Å². The predicted octanol–water partition coefficient (Wildman–Crippen LogP) is 1.34. The van der Waals surface area contributed by atoms with Crippen molar-refractivity contribution in [1.29, 1.82) is 0 Å². The van der Waals surface area contributed by atoms with Crippen LogP contribution in [0.3, 0.4) is 0 Å². The Kier molecular flexibility index (Phi) is 6.88. The molecule has 120 valence electrons. The highest BCUT2D eigenvalue weighted by Crippen LogP contribution is 2.22. The van der Waals surface area contributed by atoms with E-state index in [4.69, 9.17) is 9.47 Å². The molecule has 0 saturated heterocycles. The van der Waals surface area contributed by atoms with E-state index >= 15 is 0 Å². The molecule has 0 aliphatic heterocycles. The first-order valence-electron chi connectivity index (χ1n) is 6.83. The normalized spacial score (nSPS) is 10.8. The number of amides is 2. The minimum absolute atomic E-state index is 0.134. The van der Waals surface area contributed by atoms with Gasteiger partial charge in [-0.25, -0.2) is 5.43 Å². The van der Waals surface area contributed by atoms with E-state index in [1.807, 2.05) is 6.92 Å². The molecule has 0 aliphatic carbocycles. The molecule has 0 fully saturated rings. The van der Waals surface area contributed by atoms with E-state index in [9.17, 15) is 9.59 Å². The molecule has 1 rings (SSSR count). The number of benzene rings is 1. The summed E-state index contributed by atoms with van der Waals surface area (Å²) in [6.45, 7) is 4.06. The van der Waals surface area contributed by atoms with Crippen molar-refractivity contribution < 1.29 is 19.1 Å². The molecular weight excluding hydrogens is 286 g/mol. The highest BCUT2D eigenvalue weighted by Gasteiger charge is 2.10. The molecule has 0 bridgehead atoms. The van der Waals surface area contributed by atoms with Crippen molar-refractivity contribution >= 4 is 17.5 Å². The van der Waals surface area contributed by atoms with E-state index in [1.165, 1.54) is 14.2 Å². The number of hydrogen-bond donors (Lipinski definition) is 2. The fourth-order valence-corrected chi connectivity index (χ4v) is 1.68. The summed E-state index contributed by atoms with van der Waals surface area (Å²) in [5, 5.41) is 6.57. The largest absolute Gasteiger partial charge is 0.497 e. The van der Waals surface area contributed by atoms with Crippen LogP contribution in [0.4, 0.5) is 0 Å². The molecule has 0 unspecified atom stereocenters. The van der Waals surface area contributed by atoms with Crippen molar-refractivity contribution in [1.82, 2.24) is 10.7 Å². The van der Waals surface area contributed by atoms with Crippen LogP contribution in [0.5, 0.6) is 11.5 Å². The standard InChI is InChI=1S/C15H21N3O4/c1-5-16-14(19)6-10(2)17-18-15(20)11-7-12(21-3)9-13(8-11)22-4/h7-9H,5-6H2,1-4H3,(H,16,19)(H,18,20)/b17-10-. The Bertz CT molecular complexity index is 548. The maximum absolute atomic E-state index is 12.1. The lowest BCUT2D eigenvalue weighted by Crippen LogP contribution is -2.26. The topological polar surface area (TPSA) is 89.0 Å². The zero-order valence-corrected chi connectivity index (χ0v) is 13.2. The third-order valence-electron chi connectivity index (χ3n) is 2.75. The number of nitrogens with one attached hydrogen (secondary N) is 2. The fraction of sp³-hybridized carbons (Fsp3) is 0.400. The van der Waals surface area contributed by atoms with Gasteiger partial charge in [0.25, 0.3) is 5.91 Å². The molecule has 0 saturated carbocycles. The van der Waals surface area contributed by atoms with Gasteiger partial charge in [0.2, 0.25) is 5.91 Å². The summed E-state index contributed by atoms with van der Waals surface area (Å²) < 4.78 is 10.2. The first kappa shape index (κ1) is 17.5. The van der Waals surface area contributed by atoms with Gasteiger partial charge in [-0.3, -0.25) is 9.59 Å². The second kappa shape index (κ2) is 8.66. The van der Waals surface area contributed by atoms with Crippen LogP contribution in [-0.4, -0.2) is 38.3 Å². The summed E-state index contributed by atoms with van der Waals surface area (Å²) in [5.41, 5.74) is 3.27. The zero-order chi connectivity index (χ0) is 16.5. The molecular formula is C15H21N3O4. The number of hydrogen-bond acceptors (Lipinski definition) is 5. The van der Waals surface area contributed by atoms with Gasteiger partial charge in [-0.15, -0.1) is 0 Å². The zero-order valence-electron chi connectivity index (χ0n) is 13.2. The lowest BCUT2D eigenvalue weighted by Gasteiger charge is -2.08. The number of hydrazone groups is 1. The first-order chi connectivity index (χ1) is 10.5. The van der Waals surface area contributed by atoms with Gasteiger partial charge in [-0.1, -0.05) is 0 Å². The van der Waals surface area contributed by atoms with Gasteiger partial charge in [0.1, 0.15) is 11.5 Å². The van der Waals surface area contributed by atoms with Gasteiger partial charge in [0, 0.05) is 23.9 Å². The van der Waals surface area contributed by atoms with Crippen LogP contribution in [-0.2, 0) is 4.79 Å². The van der Waals surface area contributed by atoms with E-state index in [1.54, 1.807) is 25.1 Å². The Morgan fingerprint density at radius 3 is 2.23 bits per heavy atom. The summed E-state index contributed by atoms with van der Waals surface area (Å²) in [6, 6.07) is 4.82. The Hall–Kier alpha value is -2.57. The van der Waals surface area contributed by atoms with Crippen LogP contribution in [0.15, 0.2) is 23.3 Å². The van der Waals surface area contributed by atoms with Crippen LogP contribution < -0.4 is 20.2 Å². The molecule has 0 spiro atoms. The van der Waals surface area contributed by atoms with Crippen molar-refractivity contribution in [3.8, 4) is 11.5 Å². The maximum atomic E-state index is 12.1. The minimum atomic E-state index is -0.410. The summed E-state index contributed by atoms with van der Waals surface area (Å²) in [7, 11) is 3.01. The fourth-order valence-electron chi connectivity index (χ4n) is 1.68. The van der Waals surface area contributed by atoms with Gasteiger partial charge in [-0.2, -0.15) is 5.10 Å². The SMILES string of the molecule is CCNC(=O)C/C(C)=N\NC(=O)c1cc(OC)cc(OC)c1. The molecule has 2 N–H and O–H groups in total. The summed E-state index contributed by atoms with van der Waals surface area (Å²) in [6.07, 6.45) is 0.134. The Labute approximate surface area is 129 Å². The lowest BCUT2D eigenvalue weighted by atomic mass is 10.2. The average molecular weight is 307 g/mol. The van der Waals surface area contributed by atoms with Crippen LogP contribution in [0.25, 0.3) is 0 Å². The van der Waals surface area contributed by atoms with Gasteiger partial charge >= 0.3 is 0 Å². The molecule has 0 aliphatic rings. The molecule has 1 aromatic rings. The van der Waals surface area contributed by atoms with Crippen molar-refractivity contribution in [2.75, 3.05) is 20.8 Å². The summed E-state index contributed by atoms with van der Waals surface area (Å²) >= 11 is 0. The second-order valence-corrected chi connectivity index (χ2v) is 4.52. The average Bonchev–Trinajstić information content (AvgIpc) is 2.52. The highest BCUT2D eigenvalue weighted by molar-refractivity contribution is 6.01. The monoisotopic (exact) mass is 307 g/mol. The first-order valence-corrected chi connectivity index (χ1v) is 6.83. The molecule has 0 aromatic heterocycles. The molecule has 7 nitrogen and oxygen atoms in total. The van der Waals surface area contributed by atoms with Crippen LogP contribution >= 0.6 is 0 Å². The van der Waals surface area contributed by atoms with Crippen molar-refractivity contribution in [2.24, 2.45) is 5.10 Å². The Balaban J connectivity index is 2.74. The Morgan fingerprint density at radius 1 is 1.14 bits per heavy atom. The second-order valence-electron chi connectivity index (χ2n) is 4.52. The molecule has 0 radical (unpaired) electrons. The maximum Gasteiger partial charge on any atom is 0.271 e. The minimum Gasteiger partial charge on any atom is -0.497 e. The van der Waals surface area contributed by atoms with E-state index in [0.29, 0.717) is 29.3 Å². The smallest absolute Gasteiger partial charge is 0.271 e. The highest BCUT2D eigenvalue weighted by atomic mass is 16.5. The lowest BCUT2D eigenvalue weighted by molar-refractivity contribution is -0.119. The van der Waals surface area contributed by atoms with E-state index in [0.717, 1.165) is 0 Å². The van der Waals surface area contributed by atoms with E-state index in [-0.39, 0.29) is 12.3 Å². The van der Waals surface area contributed by atoms with Crippen LogP contribution in [0.2, 0.25) is 0 Å². The number of methoxy groups -OCH3 is 2. The number of carbonyl (C=O) groups is 2. The third kappa shape index (κ3) is 5.43. The van der Waals surface area contributed by atoms with Crippen molar-refractivity contribution in [3.63, 3.8) is 0 Å². The number of rotatable bonds is 7. The molecule has 0 heterocycles. The van der Waals surface area contributed by atoms with Crippen molar-refractivity contribution in [3.05, 3.63) is 23.8 Å². The number of ether oxygens (including phenoxy) is 2. The van der Waals surface area contributed by atoms with Gasteiger partial charge < -0.3 is 14.8 Å². The quantitative estimate of drug-likeness (QED) is 0.587. The molecule has 22 heavy (non-hydrogen) atoms. The van der Waals surface area contributed by atoms with Gasteiger partial charge in [0.15, 0.2) is 0 Å². The summed E-state index contributed by atoms with van der Waals surface area (Å²) in [5.74, 6) is 0.466. The molecule has 7 heteroatoms. The number of nitrogens with zero attached hydrogens (tertiary/aromatic N) is 1. The van der Waals surface area contributed by atoms with Crippen LogP contribution in [0, 0.1) is 0 Å². The molecule has 2 amide bonds. The predicted molar refractivity (Wildman–Crippen MR) is 83.4 cm³/mol. The van der Waals surface area contributed by atoms with E-state index < -0.39 is 5.91 Å².